The van der Waals surface area contributed by atoms with Gasteiger partial charge in [0.1, 0.15) is 5.75 Å². The Morgan fingerprint density at radius 1 is 1.44 bits per heavy atom. The minimum atomic E-state index is -0.570. The van der Waals surface area contributed by atoms with Crippen molar-refractivity contribution in [2.75, 3.05) is 11.4 Å². The molecule has 0 bridgehead atoms. The van der Waals surface area contributed by atoms with E-state index in [4.69, 9.17) is 5.73 Å². The molecular weight excluding hydrogens is 228 g/mol. The van der Waals surface area contributed by atoms with Crippen molar-refractivity contribution in [3.05, 3.63) is 24.3 Å². The molecule has 0 saturated heterocycles. The monoisotopic (exact) mass is 250 g/mol. The van der Waals surface area contributed by atoms with Gasteiger partial charge in [0, 0.05) is 18.3 Å². The van der Waals surface area contributed by atoms with Gasteiger partial charge in [-0.25, -0.2) is 0 Å². The smallest absolute Gasteiger partial charge is 0.244 e. The fraction of sp³-hybridized carbons (Fsp3) is 0.500. The first-order valence-electron chi connectivity index (χ1n) is 6.13. The van der Waals surface area contributed by atoms with Gasteiger partial charge in [0.15, 0.2) is 0 Å². The molecule has 100 valence electrons. The van der Waals surface area contributed by atoms with Crippen LogP contribution in [-0.4, -0.2) is 23.6 Å². The summed E-state index contributed by atoms with van der Waals surface area (Å²) in [5.74, 6) is 0.0127. The van der Waals surface area contributed by atoms with E-state index in [1.165, 1.54) is 0 Å². The molecule has 1 rings (SSSR count). The predicted octanol–water partition coefficient (Wildman–Crippen LogP) is 2.12. The van der Waals surface area contributed by atoms with E-state index in [0.717, 1.165) is 0 Å². The fourth-order valence-corrected chi connectivity index (χ4v) is 1.66. The van der Waals surface area contributed by atoms with Crippen LogP contribution < -0.4 is 10.6 Å². The van der Waals surface area contributed by atoms with Crippen LogP contribution in [0.3, 0.4) is 0 Å². The Balaban J connectivity index is 3.01. The lowest BCUT2D eigenvalue weighted by molar-refractivity contribution is -0.121. The first-order chi connectivity index (χ1) is 8.27. The molecular formula is C14H22N2O2. The van der Waals surface area contributed by atoms with Crippen LogP contribution in [0.5, 0.6) is 5.75 Å². The van der Waals surface area contributed by atoms with Gasteiger partial charge < -0.3 is 15.7 Å². The first kappa shape index (κ1) is 14.5. The van der Waals surface area contributed by atoms with Crippen molar-refractivity contribution in [2.45, 2.75) is 33.7 Å². The van der Waals surface area contributed by atoms with Gasteiger partial charge in [-0.05, 0) is 24.5 Å². The number of nitrogens with zero attached hydrogens (tertiary/aromatic N) is 1. The van der Waals surface area contributed by atoms with E-state index in [-0.39, 0.29) is 17.1 Å². The largest absolute Gasteiger partial charge is 0.508 e. The molecule has 0 radical (unpaired) electrons. The van der Waals surface area contributed by atoms with Crippen molar-refractivity contribution >= 4 is 11.6 Å². The molecule has 4 nitrogen and oxygen atoms in total. The summed E-state index contributed by atoms with van der Waals surface area (Å²) in [7, 11) is 0. The van der Waals surface area contributed by atoms with Crippen molar-refractivity contribution in [1.29, 1.82) is 0 Å². The number of hydrogen-bond acceptors (Lipinski definition) is 3. The number of nitrogens with two attached hydrogens (primary N) is 1. The Morgan fingerprint density at radius 2 is 2.06 bits per heavy atom. The molecule has 0 aliphatic heterocycles. The van der Waals surface area contributed by atoms with Crippen LogP contribution in [0, 0.1) is 5.41 Å². The molecule has 0 saturated carbocycles. The number of likely N-dealkylation sites (N-methyl/N-ethyl adjacent to an activating group) is 1. The van der Waals surface area contributed by atoms with E-state index in [1.807, 2.05) is 27.7 Å². The zero-order valence-corrected chi connectivity index (χ0v) is 11.5. The molecule has 0 heterocycles. The van der Waals surface area contributed by atoms with E-state index in [1.54, 1.807) is 29.2 Å². The lowest BCUT2D eigenvalue weighted by Crippen LogP contribution is -2.50. The average Bonchev–Trinajstić information content (AvgIpc) is 2.27. The van der Waals surface area contributed by atoms with Crippen LogP contribution in [0.4, 0.5) is 5.69 Å². The average molecular weight is 250 g/mol. The molecule has 1 atom stereocenters. The van der Waals surface area contributed by atoms with Crippen molar-refractivity contribution in [3.8, 4) is 5.75 Å². The number of phenolic OH excluding ortho intramolecular Hbond substituents is 1. The van der Waals surface area contributed by atoms with Crippen molar-refractivity contribution in [1.82, 2.24) is 0 Å². The van der Waals surface area contributed by atoms with Crippen molar-refractivity contribution in [2.24, 2.45) is 11.1 Å². The third kappa shape index (κ3) is 3.23. The van der Waals surface area contributed by atoms with E-state index in [2.05, 4.69) is 0 Å². The molecule has 0 aliphatic rings. The second-order valence-electron chi connectivity index (χ2n) is 5.45. The number of amides is 1. The number of aromatic hydroxyl groups is 1. The number of phenols is 1. The first-order valence-corrected chi connectivity index (χ1v) is 6.13. The van der Waals surface area contributed by atoms with Crippen molar-refractivity contribution in [3.63, 3.8) is 0 Å². The Morgan fingerprint density at radius 3 is 2.50 bits per heavy atom. The highest BCUT2D eigenvalue weighted by Gasteiger charge is 2.31. The van der Waals surface area contributed by atoms with Crippen LogP contribution in [0.2, 0.25) is 0 Å². The topological polar surface area (TPSA) is 66.6 Å². The molecule has 4 heteroatoms. The fourth-order valence-electron chi connectivity index (χ4n) is 1.66. The normalized spacial score (nSPS) is 13.2. The SMILES string of the molecule is CCN(C(=O)[C@H](N)C(C)(C)C)c1cccc(O)c1. The predicted molar refractivity (Wildman–Crippen MR) is 73.6 cm³/mol. The summed E-state index contributed by atoms with van der Waals surface area (Å²) >= 11 is 0. The second-order valence-corrected chi connectivity index (χ2v) is 5.45. The van der Waals surface area contributed by atoms with Gasteiger partial charge in [-0.3, -0.25) is 4.79 Å². The van der Waals surface area contributed by atoms with Crippen LogP contribution >= 0.6 is 0 Å². The highest BCUT2D eigenvalue weighted by molar-refractivity contribution is 5.97. The molecule has 1 aromatic rings. The van der Waals surface area contributed by atoms with E-state index < -0.39 is 6.04 Å². The molecule has 3 N–H and O–H groups in total. The number of anilines is 1. The molecule has 18 heavy (non-hydrogen) atoms. The second kappa shape index (κ2) is 5.40. The van der Waals surface area contributed by atoms with Gasteiger partial charge >= 0.3 is 0 Å². The van der Waals surface area contributed by atoms with Crippen LogP contribution in [0.1, 0.15) is 27.7 Å². The minimum Gasteiger partial charge on any atom is -0.508 e. The maximum Gasteiger partial charge on any atom is 0.244 e. The van der Waals surface area contributed by atoms with Gasteiger partial charge in [-0.2, -0.15) is 0 Å². The summed E-state index contributed by atoms with van der Waals surface area (Å²) in [6.07, 6.45) is 0. The Bertz CT molecular complexity index is 424. The molecule has 0 spiro atoms. The van der Waals surface area contributed by atoms with Crippen LogP contribution in [0.25, 0.3) is 0 Å². The molecule has 0 fully saturated rings. The van der Waals surface area contributed by atoms with Crippen molar-refractivity contribution < 1.29 is 9.90 Å². The molecule has 0 unspecified atom stereocenters. The minimum absolute atomic E-state index is 0.129. The molecule has 1 amide bonds. The third-order valence-corrected chi connectivity index (χ3v) is 2.92. The van der Waals surface area contributed by atoms with E-state index in [0.29, 0.717) is 12.2 Å². The summed E-state index contributed by atoms with van der Waals surface area (Å²) in [5.41, 5.74) is 6.37. The van der Waals surface area contributed by atoms with Crippen LogP contribution in [-0.2, 0) is 4.79 Å². The maximum absolute atomic E-state index is 12.4. The van der Waals surface area contributed by atoms with E-state index in [9.17, 15) is 9.90 Å². The lowest BCUT2D eigenvalue weighted by atomic mass is 9.86. The molecule has 1 aromatic carbocycles. The summed E-state index contributed by atoms with van der Waals surface area (Å²) in [5, 5.41) is 9.47. The van der Waals surface area contributed by atoms with Crippen LogP contribution in [0.15, 0.2) is 24.3 Å². The lowest BCUT2D eigenvalue weighted by Gasteiger charge is -2.31. The van der Waals surface area contributed by atoms with Gasteiger partial charge in [-0.15, -0.1) is 0 Å². The standard InChI is InChI=1S/C14H22N2O2/c1-5-16(10-7-6-8-11(17)9-10)13(18)12(15)14(2,3)4/h6-9,12,17H,5,15H2,1-4H3/t12-/m0/s1. The molecule has 0 aromatic heterocycles. The third-order valence-electron chi connectivity index (χ3n) is 2.92. The summed E-state index contributed by atoms with van der Waals surface area (Å²) < 4.78 is 0. The Labute approximate surface area is 108 Å². The number of hydrogen-bond donors (Lipinski definition) is 2. The highest BCUT2D eigenvalue weighted by atomic mass is 16.3. The zero-order valence-electron chi connectivity index (χ0n) is 11.5. The van der Waals surface area contributed by atoms with Gasteiger partial charge in [0.25, 0.3) is 0 Å². The Hall–Kier alpha value is -1.55. The molecule has 0 aliphatic carbocycles. The van der Waals surface area contributed by atoms with Gasteiger partial charge in [0.05, 0.1) is 6.04 Å². The zero-order chi connectivity index (χ0) is 13.9. The Kier molecular flexibility index (Phi) is 4.35. The quantitative estimate of drug-likeness (QED) is 0.863. The number of carbonyl (C=O) groups excluding carboxylic acids is 1. The summed E-state index contributed by atoms with van der Waals surface area (Å²) in [6.45, 7) is 8.22. The summed E-state index contributed by atoms with van der Waals surface area (Å²) in [6, 6.07) is 6.07. The summed E-state index contributed by atoms with van der Waals surface area (Å²) in [4.78, 5) is 13.9. The van der Waals surface area contributed by atoms with E-state index >= 15 is 0 Å². The maximum atomic E-state index is 12.4. The number of carbonyl (C=O) groups is 1. The van der Waals surface area contributed by atoms with Gasteiger partial charge in [-0.1, -0.05) is 26.8 Å². The number of rotatable bonds is 3. The highest BCUT2D eigenvalue weighted by Crippen LogP contribution is 2.24. The number of benzene rings is 1. The van der Waals surface area contributed by atoms with Gasteiger partial charge in [0.2, 0.25) is 5.91 Å².